The number of aliphatic hydroxyl groups is 2. The van der Waals surface area contributed by atoms with Gasteiger partial charge in [0, 0.05) is 7.11 Å². The first-order valence-corrected chi connectivity index (χ1v) is 7.09. The Morgan fingerprint density at radius 3 is 1.12 bits per heavy atom. The van der Waals surface area contributed by atoms with E-state index in [1.807, 2.05) is 30.3 Å². The zero-order valence-corrected chi connectivity index (χ0v) is 16.3. The van der Waals surface area contributed by atoms with Crippen molar-refractivity contribution in [1.29, 1.82) is 0 Å². The van der Waals surface area contributed by atoms with Gasteiger partial charge in [-0.05, 0) is 5.56 Å². The number of rotatable bonds is 3. The largest absolute Gasteiger partial charge is 0.394 e. The maximum atomic E-state index is 7.62. The van der Waals surface area contributed by atoms with E-state index in [1.165, 1.54) is 5.56 Å². The molecular formula is C22H40O3. The average Bonchev–Trinajstić information content (AvgIpc) is 2.78. The number of benzene rings is 1. The van der Waals surface area contributed by atoms with E-state index < -0.39 is 0 Å². The summed E-state index contributed by atoms with van der Waals surface area (Å²) >= 11 is 0. The zero-order valence-electron chi connectivity index (χ0n) is 16.3. The number of methoxy groups -OCH3 is 1. The van der Waals surface area contributed by atoms with Gasteiger partial charge in [0.1, 0.15) is 0 Å². The van der Waals surface area contributed by atoms with Gasteiger partial charge in [-0.3, -0.25) is 0 Å². The highest BCUT2D eigenvalue weighted by atomic mass is 16.5. The molecule has 0 aliphatic rings. The van der Waals surface area contributed by atoms with Crippen LogP contribution in [0.15, 0.2) is 109 Å². The molecule has 1 rings (SSSR count). The van der Waals surface area contributed by atoms with Gasteiger partial charge in [-0.15, -0.1) is 78.9 Å². The van der Waals surface area contributed by atoms with Crippen molar-refractivity contribution >= 4 is 0 Å². The topological polar surface area (TPSA) is 49.7 Å². The predicted octanol–water partition coefficient (Wildman–Crippen LogP) is 5.62. The van der Waals surface area contributed by atoms with Gasteiger partial charge in [0.15, 0.2) is 0 Å². The van der Waals surface area contributed by atoms with Gasteiger partial charge in [-0.2, -0.15) is 0 Å². The van der Waals surface area contributed by atoms with Crippen LogP contribution in [0.4, 0.5) is 0 Å². The lowest BCUT2D eigenvalue weighted by Crippen LogP contribution is -1.85. The molecule has 0 aliphatic carbocycles. The summed E-state index contributed by atoms with van der Waals surface area (Å²) in [6, 6.07) is 10.1. The predicted molar refractivity (Wildman–Crippen MR) is 119 cm³/mol. The Kier molecular flexibility index (Phi) is 173. The van der Waals surface area contributed by atoms with E-state index in [4.69, 9.17) is 14.9 Å². The molecule has 0 amide bonds. The molecule has 0 unspecified atom stereocenters. The van der Waals surface area contributed by atoms with Crippen LogP contribution >= 0.6 is 0 Å². The molecule has 0 saturated heterocycles. The van der Waals surface area contributed by atoms with E-state index in [9.17, 15) is 0 Å². The molecule has 2 N–H and O–H groups in total. The third kappa shape index (κ3) is 90.4. The van der Waals surface area contributed by atoms with Crippen LogP contribution in [0.2, 0.25) is 0 Å². The second-order valence-corrected chi connectivity index (χ2v) is 2.37. The molecule has 1 aromatic rings. The summed E-state index contributed by atoms with van der Waals surface area (Å²) in [5, 5.41) is 15.2. The highest BCUT2D eigenvalue weighted by Crippen LogP contribution is 1.98. The molecule has 3 heteroatoms. The van der Waals surface area contributed by atoms with E-state index in [1.54, 1.807) is 7.11 Å². The van der Waals surface area contributed by atoms with E-state index in [2.05, 4.69) is 78.9 Å². The highest BCUT2D eigenvalue weighted by molar-refractivity contribution is 5.13. The minimum absolute atomic E-state index is 0.125. The Labute approximate surface area is 157 Å². The van der Waals surface area contributed by atoms with Gasteiger partial charge in [-0.25, -0.2) is 0 Å². The highest BCUT2D eigenvalue weighted by Gasteiger charge is 1.84. The lowest BCUT2D eigenvalue weighted by Gasteiger charge is -1.95. The molecule has 0 spiro atoms. The Balaban J connectivity index is -0.0000000348. The quantitative estimate of drug-likeness (QED) is 0.694. The van der Waals surface area contributed by atoms with E-state index in [0.717, 1.165) is 0 Å². The van der Waals surface area contributed by atoms with Crippen LogP contribution in [0.3, 0.4) is 0 Å². The van der Waals surface area contributed by atoms with Crippen LogP contribution in [0.25, 0.3) is 0 Å². The SMILES string of the molecule is C=C.C=C.C=C.C=C.C=C.C=C.COCc1ccccc1.OCCO. The van der Waals surface area contributed by atoms with Gasteiger partial charge in [0.05, 0.1) is 19.8 Å². The Hall–Kier alpha value is -2.46. The van der Waals surface area contributed by atoms with Gasteiger partial charge < -0.3 is 14.9 Å². The summed E-state index contributed by atoms with van der Waals surface area (Å²) in [7, 11) is 1.70. The number of hydrogen-bond acceptors (Lipinski definition) is 3. The molecular weight excluding hydrogens is 312 g/mol. The summed E-state index contributed by atoms with van der Waals surface area (Å²) < 4.78 is 4.93. The van der Waals surface area contributed by atoms with Crippen LogP contribution in [-0.4, -0.2) is 30.5 Å². The summed E-state index contributed by atoms with van der Waals surface area (Å²) in [5.41, 5.74) is 1.22. The van der Waals surface area contributed by atoms with Crippen molar-refractivity contribution in [3.05, 3.63) is 115 Å². The fourth-order valence-corrected chi connectivity index (χ4v) is 0.741. The van der Waals surface area contributed by atoms with Crippen LogP contribution < -0.4 is 0 Å². The van der Waals surface area contributed by atoms with Crippen molar-refractivity contribution in [3.8, 4) is 0 Å². The Bertz CT molecular complexity index is 246. The molecule has 0 aliphatic heterocycles. The minimum atomic E-state index is -0.125. The van der Waals surface area contributed by atoms with Crippen molar-refractivity contribution in [3.63, 3.8) is 0 Å². The van der Waals surface area contributed by atoms with Crippen molar-refractivity contribution < 1.29 is 14.9 Å². The molecule has 0 bridgehead atoms. The summed E-state index contributed by atoms with van der Waals surface area (Å²) in [5.74, 6) is 0. The van der Waals surface area contributed by atoms with Gasteiger partial charge >= 0.3 is 0 Å². The summed E-state index contributed by atoms with van der Waals surface area (Å²) in [6.07, 6.45) is 0. The molecule has 146 valence electrons. The lowest BCUT2D eigenvalue weighted by molar-refractivity contribution is 0.185. The first-order chi connectivity index (χ1) is 12.3. The lowest BCUT2D eigenvalue weighted by atomic mass is 10.2. The van der Waals surface area contributed by atoms with Crippen molar-refractivity contribution in [1.82, 2.24) is 0 Å². The molecule has 0 radical (unpaired) electrons. The molecule has 3 nitrogen and oxygen atoms in total. The smallest absolute Gasteiger partial charge is 0.0713 e. The fourth-order valence-electron chi connectivity index (χ4n) is 0.741. The van der Waals surface area contributed by atoms with Crippen molar-refractivity contribution in [2.75, 3.05) is 20.3 Å². The molecule has 0 saturated carbocycles. The van der Waals surface area contributed by atoms with Crippen LogP contribution in [0, 0.1) is 0 Å². The average molecular weight is 353 g/mol. The third-order valence-electron chi connectivity index (χ3n) is 1.25. The monoisotopic (exact) mass is 352 g/mol. The Morgan fingerprint density at radius 1 is 0.640 bits per heavy atom. The van der Waals surface area contributed by atoms with Gasteiger partial charge in [0.25, 0.3) is 0 Å². The third-order valence-corrected chi connectivity index (χ3v) is 1.25. The van der Waals surface area contributed by atoms with E-state index in [-0.39, 0.29) is 13.2 Å². The minimum Gasteiger partial charge on any atom is -0.394 e. The van der Waals surface area contributed by atoms with Crippen LogP contribution in [0.1, 0.15) is 5.56 Å². The molecule has 0 atom stereocenters. The second kappa shape index (κ2) is 99.9. The van der Waals surface area contributed by atoms with Gasteiger partial charge in [0.2, 0.25) is 0 Å². The maximum Gasteiger partial charge on any atom is 0.0713 e. The van der Waals surface area contributed by atoms with Crippen LogP contribution in [0.5, 0.6) is 0 Å². The first kappa shape index (κ1) is 43.3. The zero-order chi connectivity index (χ0) is 21.9. The summed E-state index contributed by atoms with van der Waals surface area (Å²) in [4.78, 5) is 0. The fraction of sp³-hybridized carbons (Fsp3) is 0.182. The second-order valence-electron chi connectivity index (χ2n) is 2.37. The maximum absolute atomic E-state index is 7.62. The molecule has 0 fully saturated rings. The number of aliphatic hydroxyl groups excluding tert-OH is 2. The standard InChI is InChI=1S/C8H10O.C2H6O2.6C2H4/c1-9-7-8-5-3-2-4-6-8;3-1-2-4;6*1-2/h2-6H,7H2,1H3;3-4H,1-2H2;6*1-2H2. The Morgan fingerprint density at radius 2 is 0.920 bits per heavy atom. The number of ether oxygens (including phenoxy) is 1. The number of hydrogen-bond donors (Lipinski definition) is 2. The van der Waals surface area contributed by atoms with Crippen LogP contribution in [-0.2, 0) is 11.3 Å². The van der Waals surface area contributed by atoms with E-state index >= 15 is 0 Å². The molecule has 25 heavy (non-hydrogen) atoms. The first-order valence-electron chi connectivity index (χ1n) is 7.09. The van der Waals surface area contributed by atoms with Crippen molar-refractivity contribution in [2.24, 2.45) is 0 Å². The molecule has 0 heterocycles. The van der Waals surface area contributed by atoms with Crippen molar-refractivity contribution in [2.45, 2.75) is 6.61 Å². The summed E-state index contributed by atoms with van der Waals surface area (Å²) in [6.45, 7) is 36.5. The molecule has 1 aromatic carbocycles. The normalized spacial score (nSPS) is 5.56. The van der Waals surface area contributed by atoms with E-state index in [0.29, 0.717) is 6.61 Å². The van der Waals surface area contributed by atoms with Gasteiger partial charge in [-0.1, -0.05) is 30.3 Å². The molecule has 0 aromatic heterocycles.